The lowest BCUT2D eigenvalue weighted by Gasteiger charge is -2.15. The predicted octanol–water partition coefficient (Wildman–Crippen LogP) is 2.33. The Morgan fingerprint density at radius 1 is 1.41 bits per heavy atom. The van der Waals surface area contributed by atoms with Crippen LogP contribution in [0.1, 0.15) is 18.4 Å². The molecule has 22 heavy (non-hydrogen) atoms. The number of hydrogen-bond acceptors (Lipinski definition) is 4. The number of rotatable bonds is 5. The summed E-state index contributed by atoms with van der Waals surface area (Å²) in [5.74, 6) is 3.13. The van der Waals surface area contributed by atoms with Gasteiger partial charge in [-0.05, 0) is 30.2 Å². The maximum Gasteiger partial charge on any atom is 0.191 e. The average Bonchev–Trinajstić information content (AvgIpc) is 3.01. The molecule has 1 aromatic rings. The molecular formula is C15H26IN5S. The number of thioether (sulfide) groups is 1. The molecule has 0 aliphatic carbocycles. The number of halogens is 1. The molecule has 2 N–H and O–H groups in total. The van der Waals surface area contributed by atoms with Crippen molar-refractivity contribution in [3.63, 3.8) is 0 Å². The van der Waals surface area contributed by atoms with Crippen molar-refractivity contribution in [2.45, 2.75) is 24.6 Å². The Labute approximate surface area is 154 Å². The highest BCUT2D eigenvalue weighted by molar-refractivity contribution is 14.0. The summed E-state index contributed by atoms with van der Waals surface area (Å²) in [6.45, 7) is 1.72. The van der Waals surface area contributed by atoms with E-state index in [2.05, 4.69) is 38.4 Å². The predicted molar refractivity (Wildman–Crippen MR) is 108 cm³/mol. The standard InChI is InChI=1S/C15H25N5S.HI/c1-16-15(19-11-13-5-4-8-21-13)18-10-12-6-7-14(17-9-12)20(2)3;/h6-7,9,13H,4-5,8,10-11H2,1-3H3,(H2,16,18,19);1H. The summed E-state index contributed by atoms with van der Waals surface area (Å²) >= 11 is 2.05. The maximum atomic E-state index is 4.41. The fourth-order valence-corrected chi connectivity index (χ4v) is 3.41. The second-order valence-corrected chi connectivity index (χ2v) is 6.77. The Balaban J connectivity index is 0.00000242. The van der Waals surface area contributed by atoms with Gasteiger partial charge in [0.1, 0.15) is 5.82 Å². The molecule has 1 aliphatic heterocycles. The second-order valence-electron chi connectivity index (χ2n) is 5.36. The molecule has 0 radical (unpaired) electrons. The summed E-state index contributed by atoms with van der Waals surface area (Å²) in [6.07, 6.45) is 4.56. The molecule has 1 aromatic heterocycles. The van der Waals surface area contributed by atoms with Gasteiger partial charge in [-0.1, -0.05) is 6.07 Å². The van der Waals surface area contributed by atoms with E-state index in [1.165, 1.54) is 18.6 Å². The lowest BCUT2D eigenvalue weighted by Crippen LogP contribution is -2.39. The van der Waals surface area contributed by atoms with Crippen molar-refractivity contribution in [3.8, 4) is 0 Å². The Kier molecular flexibility index (Phi) is 8.92. The zero-order valence-corrected chi connectivity index (χ0v) is 16.6. The fraction of sp³-hybridized carbons (Fsp3) is 0.600. The first kappa shape index (κ1) is 19.3. The molecule has 1 unspecified atom stereocenters. The van der Waals surface area contributed by atoms with Gasteiger partial charge in [0.25, 0.3) is 0 Å². The summed E-state index contributed by atoms with van der Waals surface area (Å²) in [5.41, 5.74) is 1.15. The van der Waals surface area contributed by atoms with Crippen LogP contribution in [0.15, 0.2) is 23.3 Å². The van der Waals surface area contributed by atoms with Gasteiger partial charge < -0.3 is 15.5 Å². The minimum absolute atomic E-state index is 0. The minimum atomic E-state index is 0. The maximum absolute atomic E-state index is 4.41. The van der Waals surface area contributed by atoms with Gasteiger partial charge in [-0.2, -0.15) is 11.8 Å². The number of guanidine groups is 1. The molecule has 0 aromatic carbocycles. The van der Waals surface area contributed by atoms with Gasteiger partial charge in [0.2, 0.25) is 0 Å². The Bertz CT molecular complexity index is 458. The van der Waals surface area contributed by atoms with Gasteiger partial charge in [0.05, 0.1) is 0 Å². The first-order valence-electron chi connectivity index (χ1n) is 7.37. The van der Waals surface area contributed by atoms with Crippen molar-refractivity contribution in [1.82, 2.24) is 15.6 Å². The number of nitrogens with zero attached hydrogens (tertiary/aromatic N) is 3. The molecule has 0 spiro atoms. The lowest BCUT2D eigenvalue weighted by molar-refractivity contribution is 0.725. The first-order valence-corrected chi connectivity index (χ1v) is 8.42. The van der Waals surface area contributed by atoms with E-state index in [1.54, 1.807) is 0 Å². The smallest absolute Gasteiger partial charge is 0.191 e. The number of nitrogens with one attached hydrogen (secondary N) is 2. The Morgan fingerprint density at radius 3 is 2.77 bits per heavy atom. The molecule has 124 valence electrons. The highest BCUT2D eigenvalue weighted by Gasteiger charge is 2.15. The van der Waals surface area contributed by atoms with Crippen molar-refractivity contribution in [1.29, 1.82) is 0 Å². The summed E-state index contributed by atoms with van der Waals surface area (Å²) in [7, 11) is 5.80. The molecular weight excluding hydrogens is 409 g/mol. The van der Waals surface area contributed by atoms with Crippen molar-refractivity contribution >= 4 is 47.5 Å². The lowest BCUT2D eigenvalue weighted by atomic mass is 10.2. The zero-order chi connectivity index (χ0) is 15.1. The van der Waals surface area contributed by atoms with Crippen LogP contribution in [0.2, 0.25) is 0 Å². The molecule has 0 saturated carbocycles. The Hall–Kier alpha value is -0.700. The van der Waals surface area contributed by atoms with Crippen LogP contribution in [0.25, 0.3) is 0 Å². The molecule has 1 aliphatic rings. The normalized spacial score (nSPS) is 17.8. The zero-order valence-electron chi connectivity index (χ0n) is 13.5. The van der Waals surface area contributed by atoms with E-state index in [9.17, 15) is 0 Å². The van der Waals surface area contributed by atoms with E-state index in [1.807, 2.05) is 38.3 Å². The molecule has 2 heterocycles. The van der Waals surface area contributed by atoms with E-state index in [-0.39, 0.29) is 24.0 Å². The van der Waals surface area contributed by atoms with E-state index in [0.717, 1.165) is 35.7 Å². The third kappa shape index (κ3) is 6.20. The summed E-state index contributed by atoms with van der Waals surface area (Å²) in [5, 5.41) is 7.46. The van der Waals surface area contributed by atoms with Crippen LogP contribution in [0.5, 0.6) is 0 Å². The highest BCUT2D eigenvalue weighted by atomic mass is 127. The van der Waals surface area contributed by atoms with Crippen molar-refractivity contribution in [2.75, 3.05) is 38.3 Å². The third-order valence-corrected chi connectivity index (χ3v) is 4.87. The van der Waals surface area contributed by atoms with Crippen LogP contribution in [-0.2, 0) is 6.54 Å². The molecule has 7 heteroatoms. The number of anilines is 1. The van der Waals surface area contributed by atoms with Gasteiger partial charge in [-0.15, -0.1) is 24.0 Å². The quantitative estimate of drug-likeness (QED) is 0.423. The molecule has 1 fully saturated rings. The molecule has 5 nitrogen and oxygen atoms in total. The number of hydrogen-bond donors (Lipinski definition) is 2. The van der Waals surface area contributed by atoms with Crippen LogP contribution in [0, 0.1) is 0 Å². The monoisotopic (exact) mass is 435 g/mol. The summed E-state index contributed by atoms with van der Waals surface area (Å²) in [4.78, 5) is 10.7. The molecule has 0 amide bonds. The van der Waals surface area contributed by atoms with E-state index in [0.29, 0.717) is 0 Å². The number of aliphatic imine (C=N–C) groups is 1. The topological polar surface area (TPSA) is 52.6 Å². The van der Waals surface area contributed by atoms with Crippen molar-refractivity contribution in [2.24, 2.45) is 4.99 Å². The van der Waals surface area contributed by atoms with E-state index >= 15 is 0 Å². The largest absolute Gasteiger partial charge is 0.363 e. The second kappa shape index (κ2) is 10.1. The van der Waals surface area contributed by atoms with Crippen molar-refractivity contribution < 1.29 is 0 Å². The van der Waals surface area contributed by atoms with Crippen molar-refractivity contribution in [3.05, 3.63) is 23.9 Å². The third-order valence-electron chi connectivity index (χ3n) is 3.47. The van der Waals surface area contributed by atoms with Gasteiger partial charge in [-0.25, -0.2) is 4.98 Å². The summed E-state index contributed by atoms with van der Waals surface area (Å²) in [6, 6.07) is 4.12. The molecule has 0 bridgehead atoms. The van der Waals surface area contributed by atoms with Gasteiger partial charge in [-0.3, -0.25) is 4.99 Å². The first-order chi connectivity index (χ1) is 10.2. The fourth-order valence-electron chi connectivity index (χ4n) is 2.21. The van der Waals surface area contributed by atoms with Crippen LogP contribution in [0.4, 0.5) is 5.82 Å². The highest BCUT2D eigenvalue weighted by Crippen LogP contribution is 2.25. The average molecular weight is 435 g/mol. The SMILES string of the molecule is CN=C(NCc1ccc(N(C)C)nc1)NCC1CCCS1.I. The minimum Gasteiger partial charge on any atom is -0.363 e. The van der Waals surface area contributed by atoms with Crippen LogP contribution < -0.4 is 15.5 Å². The number of aromatic nitrogens is 1. The van der Waals surface area contributed by atoms with Gasteiger partial charge >= 0.3 is 0 Å². The van der Waals surface area contributed by atoms with Crippen LogP contribution in [0.3, 0.4) is 0 Å². The molecule has 1 saturated heterocycles. The summed E-state index contributed by atoms with van der Waals surface area (Å²) < 4.78 is 0. The van der Waals surface area contributed by atoms with Crippen LogP contribution >= 0.6 is 35.7 Å². The van der Waals surface area contributed by atoms with Gasteiger partial charge in [0, 0.05) is 45.7 Å². The number of pyridine rings is 1. The van der Waals surface area contributed by atoms with E-state index < -0.39 is 0 Å². The van der Waals surface area contributed by atoms with Crippen LogP contribution in [-0.4, -0.2) is 49.6 Å². The van der Waals surface area contributed by atoms with Gasteiger partial charge in [0.15, 0.2) is 5.96 Å². The molecule has 2 rings (SSSR count). The molecule has 1 atom stereocenters. The van der Waals surface area contributed by atoms with E-state index in [4.69, 9.17) is 0 Å². The Morgan fingerprint density at radius 2 is 2.23 bits per heavy atom.